The summed E-state index contributed by atoms with van der Waals surface area (Å²) < 4.78 is 1.22. The van der Waals surface area contributed by atoms with Gasteiger partial charge < -0.3 is 10.6 Å². The number of hydrogen-bond donors (Lipinski definition) is 2. The Morgan fingerprint density at radius 3 is 2.76 bits per heavy atom. The van der Waals surface area contributed by atoms with Gasteiger partial charge in [-0.3, -0.25) is 0 Å². The van der Waals surface area contributed by atoms with E-state index in [1.165, 1.54) is 34.8 Å². The van der Waals surface area contributed by atoms with E-state index in [2.05, 4.69) is 58.3 Å². The molecule has 0 bridgehead atoms. The minimum atomic E-state index is 0.568. The number of aryl methyl sites for hydroxylation is 1. The van der Waals surface area contributed by atoms with Crippen molar-refractivity contribution in [1.82, 2.24) is 5.32 Å². The van der Waals surface area contributed by atoms with E-state index in [1.807, 2.05) is 0 Å². The van der Waals surface area contributed by atoms with Crippen LogP contribution >= 0.6 is 34.8 Å². The molecule has 0 heterocycles. The fourth-order valence-electron chi connectivity index (χ4n) is 2.14. The van der Waals surface area contributed by atoms with Crippen molar-refractivity contribution < 1.29 is 0 Å². The third-order valence-electron chi connectivity index (χ3n) is 3.14. The first-order valence-electron chi connectivity index (χ1n) is 5.99. The summed E-state index contributed by atoms with van der Waals surface area (Å²) in [6, 6.07) is 6.91. The lowest BCUT2D eigenvalue weighted by molar-refractivity contribution is 0.634. The van der Waals surface area contributed by atoms with Crippen molar-refractivity contribution in [3.63, 3.8) is 0 Å². The first-order chi connectivity index (χ1) is 8.15. The summed E-state index contributed by atoms with van der Waals surface area (Å²) in [5.74, 6) is 0. The van der Waals surface area contributed by atoms with Crippen LogP contribution in [0.4, 0.5) is 5.69 Å². The number of anilines is 1. The molecule has 0 spiro atoms. The van der Waals surface area contributed by atoms with E-state index in [1.54, 1.807) is 0 Å². The molecule has 1 aromatic carbocycles. The maximum atomic E-state index is 5.35. The highest BCUT2D eigenvalue weighted by molar-refractivity contribution is 14.1. The maximum absolute atomic E-state index is 5.35. The van der Waals surface area contributed by atoms with Gasteiger partial charge in [0.15, 0.2) is 5.11 Å². The Morgan fingerprint density at radius 2 is 2.06 bits per heavy atom. The van der Waals surface area contributed by atoms with Crippen LogP contribution in [0.5, 0.6) is 0 Å². The Balaban J connectivity index is 1.95. The Bertz CT molecular complexity index is 414. The van der Waals surface area contributed by atoms with Gasteiger partial charge in [-0.1, -0.05) is 18.9 Å². The van der Waals surface area contributed by atoms with E-state index in [0.29, 0.717) is 6.04 Å². The van der Waals surface area contributed by atoms with E-state index >= 15 is 0 Å². The average Bonchev–Trinajstić information content (AvgIpc) is 2.76. The predicted molar refractivity (Wildman–Crippen MR) is 85.5 cm³/mol. The monoisotopic (exact) mass is 360 g/mol. The molecule has 1 fully saturated rings. The summed E-state index contributed by atoms with van der Waals surface area (Å²) in [6.45, 7) is 2.09. The molecule has 0 aliphatic heterocycles. The molecule has 2 N–H and O–H groups in total. The van der Waals surface area contributed by atoms with Crippen LogP contribution in [-0.4, -0.2) is 11.2 Å². The molecule has 4 heteroatoms. The Morgan fingerprint density at radius 1 is 1.35 bits per heavy atom. The molecule has 0 amide bonds. The Hall–Kier alpha value is -0.360. The van der Waals surface area contributed by atoms with Crippen molar-refractivity contribution in [3.05, 3.63) is 27.3 Å². The number of hydrogen-bond acceptors (Lipinski definition) is 1. The number of thiocarbonyl (C=S) groups is 1. The van der Waals surface area contributed by atoms with Gasteiger partial charge in [-0.25, -0.2) is 0 Å². The molecule has 2 nitrogen and oxygen atoms in total. The number of rotatable bonds is 2. The molecule has 0 aromatic heterocycles. The zero-order valence-electron chi connectivity index (χ0n) is 9.92. The van der Waals surface area contributed by atoms with Crippen molar-refractivity contribution in [2.24, 2.45) is 0 Å². The summed E-state index contributed by atoms with van der Waals surface area (Å²) in [7, 11) is 0. The molecular weight excluding hydrogens is 343 g/mol. The average molecular weight is 360 g/mol. The van der Waals surface area contributed by atoms with Crippen molar-refractivity contribution >= 4 is 45.6 Å². The van der Waals surface area contributed by atoms with Gasteiger partial charge in [0.05, 0.1) is 0 Å². The Kier molecular flexibility index (Phi) is 4.62. The molecule has 0 atom stereocenters. The molecule has 1 aliphatic rings. The second-order valence-electron chi connectivity index (χ2n) is 4.54. The van der Waals surface area contributed by atoms with Gasteiger partial charge in [0.25, 0.3) is 0 Å². The standard InChI is InChI=1S/C13H17IN2S/c1-9-6-7-10(14)8-12(9)16-13(17)15-11-4-2-3-5-11/h6-8,11H,2-5H2,1H3,(H2,15,16,17). The zero-order valence-corrected chi connectivity index (χ0v) is 12.9. The van der Waals surface area contributed by atoms with E-state index in [-0.39, 0.29) is 0 Å². The van der Waals surface area contributed by atoms with Crippen molar-refractivity contribution in [2.45, 2.75) is 38.6 Å². The van der Waals surface area contributed by atoms with E-state index in [4.69, 9.17) is 12.2 Å². The molecule has 1 saturated carbocycles. The van der Waals surface area contributed by atoms with Crippen LogP contribution in [0.25, 0.3) is 0 Å². The summed E-state index contributed by atoms with van der Waals surface area (Å²) >= 11 is 7.67. The van der Waals surface area contributed by atoms with Gasteiger partial charge in [-0.2, -0.15) is 0 Å². The minimum absolute atomic E-state index is 0.568. The molecule has 0 unspecified atom stereocenters. The smallest absolute Gasteiger partial charge is 0.171 e. The van der Waals surface area contributed by atoms with E-state index in [9.17, 15) is 0 Å². The van der Waals surface area contributed by atoms with Crippen LogP contribution in [0.15, 0.2) is 18.2 Å². The first kappa shape index (κ1) is 13.1. The molecule has 2 rings (SSSR count). The van der Waals surface area contributed by atoms with Crippen LogP contribution < -0.4 is 10.6 Å². The third kappa shape index (κ3) is 3.81. The maximum Gasteiger partial charge on any atom is 0.171 e. The number of benzene rings is 1. The highest BCUT2D eigenvalue weighted by Crippen LogP contribution is 2.20. The first-order valence-corrected chi connectivity index (χ1v) is 7.47. The summed E-state index contributed by atoms with van der Waals surface area (Å²) in [6.07, 6.45) is 5.13. The predicted octanol–water partition coefficient (Wildman–Crippen LogP) is 3.83. The molecule has 1 aliphatic carbocycles. The molecule has 1 aromatic rings. The van der Waals surface area contributed by atoms with Crippen LogP contribution in [0.3, 0.4) is 0 Å². The lowest BCUT2D eigenvalue weighted by Gasteiger charge is -2.17. The van der Waals surface area contributed by atoms with Crippen LogP contribution in [0, 0.1) is 10.5 Å². The fraction of sp³-hybridized carbons (Fsp3) is 0.462. The second-order valence-corrected chi connectivity index (χ2v) is 6.19. The van der Waals surface area contributed by atoms with Crippen molar-refractivity contribution in [1.29, 1.82) is 0 Å². The largest absolute Gasteiger partial charge is 0.360 e. The van der Waals surface area contributed by atoms with Gasteiger partial charge in [-0.15, -0.1) is 0 Å². The summed E-state index contributed by atoms with van der Waals surface area (Å²) in [4.78, 5) is 0. The summed E-state index contributed by atoms with van der Waals surface area (Å²) in [5, 5.41) is 7.44. The minimum Gasteiger partial charge on any atom is -0.360 e. The number of nitrogens with one attached hydrogen (secondary N) is 2. The van der Waals surface area contributed by atoms with E-state index in [0.717, 1.165) is 10.8 Å². The van der Waals surface area contributed by atoms with Crippen LogP contribution in [0.2, 0.25) is 0 Å². The van der Waals surface area contributed by atoms with Crippen molar-refractivity contribution in [3.8, 4) is 0 Å². The molecule has 0 saturated heterocycles. The second kappa shape index (κ2) is 6.00. The SMILES string of the molecule is Cc1ccc(I)cc1NC(=S)NC1CCCC1. The number of halogens is 1. The normalized spacial score (nSPS) is 15.9. The van der Waals surface area contributed by atoms with Gasteiger partial charge in [0.2, 0.25) is 0 Å². The molecular formula is C13H17IN2S. The fourth-order valence-corrected chi connectivity index (χ4v) is 2.91. The third-order valence-corrected chi connectivity index (χ3v) is 4.03. The lowest BCUT2D eigenvalue weighted by Crippen LogP contribution is -2.36. The quantitative estimate of drug-likeness (QED) is 0.619. The highest BCUT2D eigenvalue weighted by Gasteiger charge is 2.15. The highest BCUT2D eigenvalue weighted by atomic mass is 127. The summed E-state index contributed by atoms with van der Waals surface area (Å²) in [5.41, 5.74) is 2.33. The molecule has 92 valence electrons. The van der Waals surface area contributed by atoms with Crippen molar-refractivity contribution in [2.75, 3.05) is 5.32 Å². The Labute approximate surface area is 122 Å². The lowest BCUT2D eigenvalue weighted by atomic mass is 10.2. The van der Waals surface area contributed by atoms with Gasteiger partial charge in [0.1, 0.15) is 0 Å². The molecule has 0 radical (unpaired) electrons. The van der Waals surface area contributed by atoms with Crippen LogP contribution in [-0.2, 0) is 0 Å². The van der Waals surface area contributed by atoms with E-state index < -0.39 is 0 Å². The molecule has 17 heavy (non-hydrogen) atoms. The van der Waals surface area contributed by atoms with Gasteiger partial charge in [0, 0.05) is 15.3 Å². The topological polar surface area (TPSA) is 24.1 Å². The van der Waals surface area contributed by atoms with Gasteiger partial charge >= 0.3 is 0 Å². The van der Waals surface area contributed by atoms with Crippen LogP contribution in [0.1, 0.15) is 31.2 Å². The zero-order chi connectivity index (χ0) is 12.3. The van der Waals surface area contributed by atoms with Gasteiger partial charge in [-0.05, 0) is 72.3 Å².